The number of likely N-dealkylation sites (tertiary alicyclic amines) is 1. The number of amides is 4. The zero-order valence-electron chi connectivity index (χ0n) is 20.0. The summed E-state index contributed by atoms with van der Waals surface area (Å²) in [6.07, 6.45) is 1.15. The Morgan fingerprint density at radius 1 is 0.833 bits per heavy atom. The third-order valence-electron chi connectivity index (χ3n) is 5.99. The molecule has 0 aromatic heterocycles. The van der Waals surface area contributed by atoms with Gasteiger partial charge in [-0.1, -0.05) is 36.4 Å². The number of carbonyl (C=O) groups excluding carboxylic acids is 4. The second-order valence-corrected chi connectivity index (χ2v) is 8.42. The number of nitrogens with zero attached hydrogens (tertiary/aromatic N) is 1. The molecule has 0 radical (unpaired) electrons. The van der Waals surface area contributed by atoms with E-state index in [1.165, 1.54) is 4.90 Å². The van der Waals surface area contributed by atoms with E-state index in [9.17, 15) is 19.2 Å². The molecular weight excluding hydrogens is 458 g/mol. The van der Waals surface area contributed by atoms with Gasteiger partial charge in [0.1, 0.15) is 5.75 Å². The van der Waals surface area contributed by atoms with Gasteiger partial charge in [0.05, 0.1) is 24.9 Å². The number of rotatable bonds is 9. The van der Waals surface area contributed by atoms with E-state index >= 15 is 0 Å². The molecule has 1 aliphatic rings. The molecule has 3 aromatic rings. The summed E-state index contributed by atoms with van der Waals surface area (Å²) in [6.45, 7) is 0.635. The highest BCUT2D eigenvalue weighted by Gasteiger charge is 2.28. The van der Waals surface area contributed by atoms with E-state index in [0.29, 0.717) is 29.8 Å². The number of hydrogen-bond donors (Lipinski definition) is 2. The van der Waals surface area contributed by atoms with Gasteiger partial charge >= 0.3 is 0 Å². The fourth-order valence-electron chi connectivity index (χ4n) is 3.94. The minimum atomic E-state index is -0.367. The number of benzene rings is 3. The van der Waals surface area contributed by atoms with Crippen LogP contribution in [0, 0.1) is 0 Å². The van der Waals surface area contributed by atoms with Gasteiger partial charge in [-0.25, -0.2) is 0 Å². The van der Waals surface area contributed by atoms with Gasteiger partial charge in [0.15, 0.2) is 0 Å². The number of anilines is 1. The van der Waals surface area contributed by atoms with Crippen LogP contribution in [-0.4, -0.2) is 42.2 Å². The summed E-state index contributed by atoms with van der Waals surface area (Å²) in [4.78, 5) is 50.5. The average molecular weight is 486 g/mol. The van der Waals surface area contributed by atoms with Crippen molar-refractivity contribution in [2.45, 2.75) is 25.8 Å². The Morgan fingerprint density at radius 3 is 2.14 bits per heavy atom. The Morgan fingerprint density at radius 2 is 1.47 bits per heavy atom. The molecule has 1 heterocycles. The molecule has 0 saturated carbocycles. The van der Waals surface area contributed by atoms with Crippen LogP contribution < -0.4 is 15.4 Å². The highest BCUT2D eigenvalue weighted by Crippen LogP contribution is 2.19. The predicted molar refractivity (Wildman–Crippen MR) is 135 cm³/mol. The SMILES string of the molecule is COc1ccc(CCNC(=O)c2ccccc2NC(=O)c2ccc(CN3C(=O)CCC3=O)cc2)cc1. The topological polar surface area (TPSA) is 105 Å². The molecule has 0 aliphatic carbocycles. The van der Waals surface area contributed by atoms with E-state index in [1.54, 1.807) is 55.6 Å². The lowest BCUT2D eigenvalue weighted by atomic mass is 10.1. The number of methoxy groups -OCH3 is 1. The summed E-state index contributed by atoms with van der Waals surface area (Å²) in [5, 5.41) is 5.70. The third-order valence-corrected chi connectivity index (χ3v) is 5.99. The molecule has 1 aliphatic heterocycles. The van der Waals surface area contributed by atoms with Crippen LogP contribution in [0.5, 0.6) is 5.75 Å². The van der Waals surface area contributed by atoms with Gasteiger partial charge in [-0.3, -0.25) is 24.1 Å². The van der Waals surface area contributed by atoms with E-state index < -0.39 is 0 Å². The summed E-state index contributed by atoms with van der Waals surface area (Å²) in [6, 6.07) is 21.2. The van der Waals surface area contributed by atoms with Crippen LogP contribution in [0.1, 0.15) is 44.7 Å². The van der Waals surface area contributed by atoms with Crippen molar-refractivity contribution in [3.63, 3.8) is 0 Å². The molecule has 0 atom stereocenters. The van der Waals surface area contributed by atoms with Gasteiger partial charge in [0.25, 0.3) is 11.8 Å². The van der Waals surface area contributed by atoms with Crippen molar-refractivity contribution in [2.24, 2.45) is 0 Å². The molecule has 184 valence electrons. The lowest BCUT2D eigenvalue weighted by Gasteiger charge is -2.14. The normalized spacial score (nSPS) is 13.0. The van der Waals surface area contributed by atoms with E-state index in [4.69, 9.17) is 4.74 Å². The summed E-state index contributed by atoms with van der Waals surface area (Å²) in [5.41, 5.74) is 2.99. The van der Waals surface area contributed by atoms with E-state index in [2.05, 4.69) is 10.6 Å². The number of ether oxygens (including phenoxy) is 1. The van der Waals surface area contributed by atoms with Crippen LogP contribution in [0.15, 0.2) is 72.8 Å². The monoisotopic (exact) mass is 485 g/mol. The number of imide groups is 1. The van der Waals surface area contributed by atoms with Crippen LogP contribution >= 0.6 is 0 Å². The number of para-hydroxylation sites is 1. The third kappa shape index (κ3) is 5.96. The average Bonchev–Trinajstić information content (AvgIpc) is 3.22. The summed E-state index contributed by atoms with van der Waals surface area (Å²) in [7, 11) is 1.61. The van der Waals surface area contributed by atoms with Gasteiger partial charge in [-0.2, -0.15) is 0 Å². The summed E-state index contributed by atoms with van der Waals surface area (Å²) >= 11 is 0. The van der Waals surface area contributed by atoms with Crippen molar-refractivity contribution < 1.29 is 23.9 Å². The number of nitrogens with one attached hydrogen (secondary N) is 2. The fourth-order valence-corrected chi connectivity index (χ4v) is 3.94. The van der Waals surface area contributed by atoms with Crippen molar-refractivity contribution in [1.82, 2.24) is 10.2 Å². The maximum Gasteiger partial charge on any atom is 0.255 e. The number of carbonyl (C=O) groups is 4. The van der Waals surface area contributed by atoms with Gasteiger partial charge in [-0.15, -0.1) is 0 Å². The van der Waals surface area contributed by atoms with E-state index in [0.717, 1.165) is 16.9 Å². The van der Waals surface area contributed by atoms with Gasteiger partial charge in [0, 0.05) is 24.9 Å². The molecule has 0 spiro atoms. The quantitative estimate of drug-likeness (QED) is 0.451. The standard InChI is InChI=1S/C28H27N3O5/c1-36-22-12-8-19(9-13-22)16-17-29-28(35)23-4-2-3-5-24(23)30-27(34)21-10-6-20(7-11-21)18-31-25(32)14-15-26(31)33/h2-13H,14-18H2,1H3,(H,29,35)(H,30,34). The zero-order valence-corrected chi connectivity index (χ0v) is 20.0. The Hall–Kier alpha value is -4.46. The lowest BCUT2D eigenvalue weighted by molar-refractivity contribution is -0.139. The van der Waals surface area contributed by atoms with Crippen LogP contribution in [0.2, 0.25) is 0 Å². The van der Waals surface area contributed by atoms with Crippen molar-refractivity contribution in [3.05, 3.63) is 95.1 Å². The molecule has 0 unspecified atom stereocenters. The zero-order chi connectivity index (χ0) is 25.5. The molecule has 0 bridgehead atoms. The Kier molecular flexibility index (Phi) is 7.75. The maximum atomic E-state index is 12.8. The predicted octanol–water partition coefficient (Wildman–Crippen LogP) is 3.57. The number of hydrogen-bond acceptors (Lipinski definition) is 5. The molecule has 2 N–H and O–H groups in total. The van der Waals surface area contributed by atoms with Crippen LogP contribution in [0.3, 0.4) is 0 Å². The van der Waals surface area contributed by atoms with Crippen molar-refractivity contribution in [1.29, 1.82) is 0 Å². The second-order valence-electron chi connectivity index (χ2n) is 8.42. The molecule has 8 nitrogen and oxygen atoms in total. The lowest BCUT2D eigenvalue weighted by Crippen LogP contribution is -2.28. The molecule has 36 heavy (non-hydrogen) atoms. The van der Waals surface area contributed by atoms with Gasteiger partial charge < -0.3 is 15.4 Å². The van der Waals surface area contributed by atoms with Crippen LogP contribution in [-0.2, 0) is 22.6 Å². The first-order valence-corrected chi connectivity index (χ1v) is 11.7. The largest absolute Gasteiger partial charge is 0.497 e. The van der Waals surface area contributed by atoms with Crippen molar-refractivity contribution in [3.8, 4) is 5.75 Å². The van der Waals surface area contributed by atoms with E-state index in [-0.39, 0.29) is 43.0 Å². The summed E-state index contributed by atoms with van der Waals surface area (Å²) < 4.78 is 5.16. The molecule has 1 fully saturated rings. The van der Waals surface area contributed by atoms with Gasteiger partial charge in [0.2, 0.25) is 11.8 Å². The molecular formula is C28H27N3O5. The molecule has 4 rings (SSSR count). The first-order chi connectivity index (χ1) is 17.4. The molecule has 1 saturated heterocycles. The minimum absolute atomic E-state index is 0.180. The Bertz CT molecular complexity index is 1250. The van der Waals surface area contributed by atoms with Crippen LogP contribution in [0.4, 0.5) is 5.69 Å². The molecule has 4 amide bonds. The first-order valence-electron chi connectivity index (χ1n) is 11.7. The Labute approximate surface area is 209 Å². The van der Waals surface area contributed by atoms with Crippen molar-refractivity contribution in [2.75, 3.05) is 19.0 Å². The van der Waals surface area contributed by atoms with E-state index in [1.807, 2.05) is 24.3 Å². The van der Waals surface area contributed by atoms with Gasteiger partial charge in [-0.05, 0) is 53.9 Å². The highest BCUT2D eigenvalue weighted by atomic mass is 16.5. The smallest absolute Gasteiger partial charge is 0.255 e. The highest BCUT2D eigenvalue weighted by molar-refractivity contribution is 6.09. The molecule has 3 aromatic carbocycles. The minimum Gasteiger partial charge on any atom is -0.497 e. The first kappa shape index (κ1) is 24.7. The second kappa shape index (κ2) is 11.3. The maximum absolute atomic E-state index is 12.8. The summed E-state index contributed by atoms with van der Waals surface area (Å²) in [5.74, 6) is -0.233. The molecule has 8 heteroatoms. The van der Waals surface area contributed by atoms with Crippen molar-refractivity contribution >= 4 is 29.3 Å². The van der Waals surface area contributed by atoms with Crippen LogP contribution in [0.25, 0.3) is 0 Å². The fraction of sp³-hybridized carbons (Fsp3) is 0.214. The Balaban J connectivity index is 1.35.